The number of unbranched alkanes of at least 4 members (excludes halogenated alkanes) is 6. The molecule has 110 valence electrons. The number of aliphatic hydroxyl groups is 1. The predicted molar refractivity (Wildman–Crippen MR) is 80.2 cm³/mol. The SMILES string of the molecule is CCCCCCCCCC(O)c1cncn1C(C)C. The summed E-state index contributed by atoms with van der Waals surface area (Å²) in [4.78, 5) is 4.15. The Kier molecular flexibility index (Phi) is 7.80. The van der Waals surface area contributed by atoms with Crippen molar-refractivity contribution in [2.24, 2.45) is 0 Å². The zero-order valence-corrected chi connectivity index (χ0v) is 12.8. The lowest BCUT2D eigenvalue weighted by Gasteiger charge is -2.16. The Bertz CT molecular complexity index is 333. The topological polar surface area (TPSA) is 38.1 Å². The van der Waals surface area contributed by atoms with Crippen molar-refractivity contribution in [1.82, 2.24) is 9.55 Å². The van der Waals surface area contributed by atoms with Gasteiger partial charge in [-0.2, -0.15) is 0 Å². The first-order chi connectivity index (χ1) is 9.16. The molecule has 1 rings (SSSR count). The van der Waals surface area contributed by atoms with Gasteiger partial charge >= 0.3 is 0 Å². The van der Waals surface area contributed by atoms with E-state index < -0.39 is 0 Å². The number of aliphatic hydroxyl groups excluding tert-OH is 1. The van der Waals surface area contributed by atoms with E-state index in [4.69, 9.17) is 0 Å². The molecular weight excluding hydrogens is 236 g/mol. The van der Waals surface area contributed by atoms with Gasteiger partial charge in [0.2, 0.25) is 0 Å². The molecule has 3 nitrogen and oxygen atoms in total. The molecule has 1 heterocycles. The molecule has 0 saturated heterocycles. The maximum absolute atomic E-state index is 10.2. The third kappa shape index (κ3) is 5.77. The number of hydrogen-bond acceptors (Lipinski definition) is 2. The molecule has 1 N–H and O–H groups in total. The number of aromatic nitrogens is 2. The smallest absolute Gasteiger partial charge is 0.0955 e. The number of rotatable bonds is 10. The van der Waals surface area contributed by atoms with Crippen molar-refractivity contribution < 1.29 is 5.11 Å². The van der Waals surface area contributed by atoms with Gasteiger partial charge < -0.3 is 9.67 Å². The second kappa shape index (κ2) is 9.13. The standard InChI is InChI=1S/C16H30N2O/c1-4-5-6-7-8-9-10-11-16(19)15-12-17-13-18(15)14(2)3/h12-14,16,19H,4-11H2,1-3H3. The number of nitrogens with zero attached hydrogens (tertiary/aromatic N) is 2. The molecule has 0 fully saturated rings. The zero-order valence-electron chi connectivity index (χ0n) is 12.8. The molecule has 1 atom stereocenters. The van der Waals surface area contributed by atoms with Crippen LogP contribution in [0.1, 0.15) is 90.0 Å². The number of hydrogen-bond donors (Lipinski definition) is 1. The van der Waals surface area contributed by atoms with Crippen LogP contribution in [0.25, 0.3) is 0 Å². The summed E-state index contributed by atoms with van der Waals surface area (Å²) >= 11 is 0. The summed E-state index contributed by atoms with van der Waals surface area (Å²) in [5, 5.41) is 10.2. The largest absolute Gasteiger partial charge is 0.387 e. The first-order valence-corrected chi connectivity index (χ1v) is 7.86. The van der Waals surface area contributed by atoms with Crippen molar-refractivity contribution >= 4 is 0 Å². The quantitative estimate of drug-likeness (QED) is 0.627. The average molecular weight is 266 g/mol. The van der Waals surface area contributed by atoms with Gasteiger partial charge in [0.15, 0.2) is 0 Å². The molecule has 0 aromatic carbocycles. The molecule has 0 radical (unpaired) electrons. The highest BCUT2D eigenvalue weighted by molar-refractivity contribution is 5.03. The molecule has 0 bridgehead atoms. The highest BCUT2D eigenvalue weighted by atomic mass is 16.3. The van der Waals surface area contributed by atoms with Crippen LogP contribution in [0.5, 0.6) is 0 Å². The van der Waals surface area contributed by atoms with Crippen LogP contribution in [-0.2, 0) is 0 Å². The van der Waals surface area contributed by atoms with Gasteiger partial charge in [-0.25, -0.2) is 4.98 Å². The molecule has 0 spiro atoms. The Morgan fingerprint density at radius 1 is 1.11 bits per heavy atom. The number of imidazole rings is 1. The maximum Gasteiger partial charge on any atom is 0.0955 e. The first kappa shape index (κ1) is 16.2. The lowest BCUT2D eigenvalue weighted by atomic mass is 10.0. The van der Waals surface area contributed by atoms with Gasteiger partial charge in [0.05, 0.1) is 24.3 Å². The minimum Gasteiger partial charge on any atom is -0.387 e. The second-order valence-corrected chi connectivity index (χ2v) is 5.75. The lowest BCUT2D eigenvalue weighted by molar-refractivity contribution is 0.152. The van der Waals surface area contributed by atoms with Crippen molar-refractivity contribution in [2.75, 3.05) is 0 Å². The molecule has 0 amide bonds. The molecule has 1 aromatic heterocycles. The third-order valence-electron chi connectivity index (χ3n) is 3.67. The normalized spacial score (nSPS) is 13.1. The van der Waals surface area contributed by atoms with Crippen molar-refractivity contribution in [3.8, 4) is 0 Å². The van der Waals surface area contributed by atoms with Gasteiger partial charge in [-0.15, -0.1) is 0 Å². The summed E-state index contributed by atoms with van der Waals surface area (Å²) in [5.74, 6) is 0. The summed E-state index contributed by atoms with van der Waals surface area (Å²) in [6, 6.07) is 0.362. The predicted octanol–water partition coefficient (Wildman–Crippen LogP) is 4.64. The minimum absolute atomic E-state index is 0.361. The lowest BCUT2D eigenvalue weighted by Crippen LogP contribution is -2.09. The minimum atomic E-state index is -0.361. The zero-order chi connectivity index (χ0) is 14.1. The van der Waals surface area contributed by atoms with Crippen LogP contribution in [0, 0.1) is 0 Å². The Balaban J connectivity index is 2.20. The van der Waals surface area contributed by atoms with E-state index in [1.807, 2.05) is 6.33 Å². The fourth-order valence-corrected chi connectivity index (χ4v) is 2.45. The Morgan fingerprint density at radius 3 is 2.37 bits per heavy atom. The Labute approximate surface area is 118 Å². The van der Waals surface area contributed by atoms with E-state index >= 15 is 0 Å². The first-order valence-electron chi connectivity index (χ1n) is 7.86. The highest BCUT2D eigenvalue weighted by Gasteiger charge is 2.13. The molecule has 0 aliphatic heterocycles. The Morgan fingerprint density at radius 2 is 1.74 bits per heavy atom. The van der Waals surface area contributed by atoms with Gasteiger partial charge in [0, 0.05) is 6.04 Å². The summed E-state index contributed by atoms with van der Waals surface area (Å²) in [6.07, 6.45) is 13.1. The average Bonchev–Trinajstić information content (AvgIpc) is 2.87. The molecule has 3 heteroatoms. The van der Waals surface area contributed by atoms with Crippen LogP contribution in [0.2, 0.25) is 0 Å². The molecule has 0 aliphatic carbocycles. The van der Waals surface area contributed by atoms with Crippen LogP contribution in [0.15, 0.2) is 12.5 Å². The van der Waals surface area contributed by atoms with E-state index in [1.165, 1.54) is 38.5 Å². The van der Waals surface area contributed by atoms with E-state index in [0.29, 0.717) is 6.04 Å². The van der Waals surface area contributed by atoms with Gasteiger partial charge in [0.25, 0.3) is 0 Å². The van der Waals surface area contributed by atoms with E-state index in [0.717, 1.165) is 18.5 Å². The Hall–Kier alpha value is -0.830. The van der Waals surface area contributed by atoms with Crippen LogP contribution < -0.4 is 0 Å². The summed E-state index contributed by atoms with van der Waals surface area (Å²) in [7, 11) is 0. The monoisotopic (exact) mass is 266 g/mol. The molecule has 0 saturated carbocycles. The van der Waals surface area contributed by atoms with E-state index in [2.05, 4.69) is 30.3 Å². The van der Waals surface area contributed by atoms with Crippen molar-refractivity contribution in [3.63, 3.8) is 0 Å². The van der Waals surface area contributed by atoms with Crippen LogP contribution >= 0.6 is 0 Å². The molecule has 0 aliphatic rings. The fourth-order valence-electron chi connectivity index (χ4n) is 2.45. The van der Waals surface area contributed by atoms with Gasteiger partial charge in [-0.1, -0.05) is 51.9 Å². The van der Waals surface area contributed by atoms with E-state index in [1.54, 1.807) is 6.20 Å². The fraction of sp³-hybridized carbons (Fsp3) is 0.812. The van der Waals surface area contributed by atoms with Crippen LogP contribution in [-0.4, -0.2) is 14.7 Å². The van der Waals surface area contributed by atoms with E-state index in [9.17, 15) is 5.11 Å². The maximum atomic E-state index is 10.2. The van der Waals surface area contributed by atoms with Crippen molar-refractivity contribution in [2.45, 2.75) is 84.3 Å². The molecular formula is C16H30N2O. The van der Waals surface area contributed by atoms with Gasteiger partial charge in [0.1, 0.15) is 0 Å². The molecule has 19 heavy (non-hydrogen) atoms. The highest BCUT2D eigenvalue weighted by Crippen LogP contribution is 2.22. The van der Waals surface area contributed by atoms with E-state index in [-0.39, 0.29) is 6.10 Å². The second-order valence-electron chi connectivity index (χ2n) is 5.75. The van der Waals surface area contributed by atoms with Gasteiger partial charge in [-0.3, -0.25) is 0 Å². The molecule has 1 aromatic rings. The van der Waals surface area contributed by atoms with Gasteiger partial charge in [-0.05, 0) is 20.3 Å². The third-order valence-corrected chi connectivity index (χ3v) is 3.67. The summed E-state index contributed by atoms with van der Waals surface area (Å²) in [6.45, 7) is 6.48. The van der Waals surface area contributed by atoms with Crippen molar-refractivity contribution in [3.05, 3.63) is 18.2 Å². The van der Waals surface area contributed by atoms with Crippen molar-refractivity contribution in [1.29, 1.82) is 0 Å². The molecule has 1 unspecified atom stereocenters. The van der Waals surface area contributed by atoms with Crippen LogP contribution in [0.3, 0.4) is 0 Å². The van der Waals surface area contributed by atoms with Crippen LogP contribution in [0.4, 0.5) is 0 Å². The summed E-state index contributed by atoms with van der Waals surface area (Å²) in [5.41, 5.74) is 0.959. The summed E-state index contributed by atoms with van der Waals surface area (Å²) < 4.78 is 2.06.